The molecule has 244 valence electrons. The van der Waals surface area contributed by atoms with Crippen molar-refractivity contribution in [1.29, 1.82) is 0 Å². The predicted molar refractivity (Wildman–Crippen MR) is 177 cm³/mol. The quantitative estimate of drug-likeness (QED) is 0.150. The lowest BCUT2D eigenvalue weighted by molar-refractivity contribution is -0.139. The normalized spacial score (nSPS) is 15.7. The maximum Gasteiger partial charge on any atom is 0.323 e. The van der Waals surface area contributed by atoms with Crippen LogP contribution in [0, 0.1) is 6.92 Å². The first-order valence-electron chi connectivity index (χ1n) is 15.1. The first-order valence-corrected chi connectivity index (χ1v) is 16.1. The summed E-state index contributed by atoms with van der Waals surface area (Å²) in [6.07, 6.45) is 2.68. The number of rotatable bonds is 14. The van der Waals surface area contributed by atoms with Crippen LogP contribution < -0.4 is 20.7 Å². The van der Waals surface area contributed by atoms with Gasteiger partial charge in [-0.05, 0) is 79.6 Å². The number of aryl methyl sites for hydroxylation is 2. The summed E-state index contributed by atoms with van der Waals surface area (Å²) in [4.78, 5) is 52.4. The number of nitrogens with one attached hydrogen (secondary N) is 4. The van der Waals surface area contributed by atoms with Crippen molar-refractivity contribution < 1.29 is 32.7 Å². The van der Waals surface area contributed by atoms with Crippen molar-refractivity contribution in [3.8, 4) is 0 Å². The summed E-state index contributed by atoms with van der Waals surface area (Å²) < 4.78 is 19.7. The molecule has 3 aromatic rings. The van der Waals surface area contributed by atoms with E-state index in [1.165, 1.54) is 4.90 Å². The number of carboxylic acid groups (broad SMARTS) is 1. The molecule has 46 heavy (non-hydrogen) atoms. The molecule has 0 saturated carbocycles. The van der Waals surface area contributed by atoms with E-state index in [9.17, 15) is 28.5 Å². The Morgan fingerprint density at radius 3 is 2.48 bits per heavy atom. The summed E-state index contributed by atoms with van der Waals surface area (Å²) in [5.74, 6) is -1.87. The van der Waals surface area contributed by atoms with Crippen molar-refractivity contribution in [2.24, 2.45) is 0 Å². The smallest absolute Gasteiger partial charge is 0.323 e. The number of amides is 4. The Labute approximate surface area is 270 Å². The van der Waals surface area contributed by atoms with Gasteiger partial charge in [0.25, 0.3) is 11.8 Å². The van der Waals surface area contributed by atoms with Gasteiger partial charge in [-0.2, -0.15) is 0 Å². The average Bonchev–Trinajstić information content (AvgIpc) is 3.11. The fourth-order valence-corrected chi connectivity index (χ4v) is 5.80. The molecule has 5 N–H and O–H groups in total. The van der Waals surface area contributed by atoms with E-state index < -0.39 is 35.4 Å². The minimum Gasteiger partial charge on any atom is -0.480 e. The van der Waals surface area contributed by atoms with E-state index in [0.717, 1.165) is 24.0 Å². The molecule has 3 aromatic carbocycles. The van der Waals surface area contributed by atoms with Crippen molar-refractivity contribution in [1.82, 2.24) is 9.62 Å². The largest absolute Gasteiger partial charge is 0.480 e. The third-order valence-corrected chi connectivity index (χ3v) is 8.45. The van der Waals surface area contributed by atoms with Gasteiger partial charge in [0.05, 0.1) is 17.9 Å². The Balaban J connectivity index is 1.38. The van der Waals surface area contributed by atoms with Crippen molar-refractivity contribution in [2.75, 3.05) is 29.6 Å². The molecule has 0 aliphatic carbocycles. The summed E-state index contributed by atoms with van der Waals surface area (Å²) in [6.45, 7) is 4.13. The van der Waals surface area contributed by atoms with Crippen molar-refractivity contribution in [2.45, 2.75) is 58.0 Å². The van der Waals surface area contributed by atoms with E-state index in [-0.39, 0.29) is 24.8 Å². The van der Waals surface area contributed by atoms with Gasteiger partial charge in [-0.25, -0.2) is 13.7 Å². The fraction of sp³-hybridized carbons (Fsp3) is 0.333. The van der Waals surface area contributed by atoms with E-state index in [0.29, 0.717) is 41.0 Å². The molecule has 0 aromatic heterocycles. The van der Waals surface area contributed by atoms with Gasteiger partial charge in [-0.15, -0.1) is 0 Å². The van der Waals surface area contributed by atoms with Gasteiger partial charge in [-0.3, -0.25) is 18.6 Å². The van der Waals surface area contributed by atoms with E-state index in [1.807, 2.05) is 32.0 Å². The van der Waals surface area contributed by atoms with Crippen LogP contribution in [0.15, 0.2) is 66.7 Å². The molecule has 1 aliphatic heterocycles. The molecular weight excluding hydrogens is 610 g/mol. The summed E-state index contributed by atoms with van der Waals surface area (Å²) in [7, 11) is 1.56. The number of anilines is 3. The van der Waals surface area contributed by atoms with Gasteiger partial charge < -0.3 is 26.0 Å². The summed E-state index contributed by atoms with van der Waals surface area (Å²) >= 11 is -1.91. The minimum atomic E-state index is -1.91. The first kappa shape index (κ1) is 34.3. The Morgan fingerprint density at radius 2 is 1.78 bits per heavy atom. The van der Waals surface area contributed by atoms with E-state index in [2.05, 4.69) is 20.7 Å². The van der Waals surface area contributed by atoms with Crippen molar-refractivity contribution >= 4 is 52.1 Å². The molecule has 4 rings (SSSR count). The SMILES string of the molecule is CCCCOS(=O)NC(CCCc1ccc2c(c1)C(=O)N(C)C(c1ccc(NC(=O)Nc3ccccc3C)cc1)C(=O)N2)C(=O)O. The molecule has 0 saturated heterocycles. The number of urea groups is 1. The van der Waals surface area contributed by atoms with Crippen LogP contribution in [0.3, 0.4) is 0 Å². The molecule has 0 bridgehead atoms. The fourth-order valence-electron chi connectivity index (χ4n) is 5.01. The van der Waals surface area contributed by atoms with Gasteiger partial charge in [0.1, 0.15) is 12.1 Å². The van der Waals surface area contributed by atoms with Gasteiger partial charge in [0.2, 0.25) is 11.3 Å². The number of unbranched alkanes of at least 4 members (excludes halogenated alkanes) is 1. The van der Waals surface area contributed by atoms with Gasteiger partial charge in [0.15, 0.2) is 0 Å². The maximum absolute atomic E-state index is 13.6. The van der Waals surface area contributed by atoms with Gasteiger partial charge in [-0.1, -0.05) is 49.7 Å². The number of carboxylic acids is 1. The molecule has 3 unspecified atom stereocenters. The second-order valence-electron chi connectivity index (χ2n) is 11.0. The molecule has 4 amide bonds. The molecule has 3 atom stereocenters. The third kappa shape index (κ3) is 8.99. The number of benzene rings is 3. The summed E-state index contributed by atoms with van der Waals surface area (Å²) in [5.41, 5.74) is 4.18. The lowest BCUT2D eigenvalue weighted by atomic mass is 10.0. The maximum atomic E-state index is 13.6. The van der Waals surface area contributed by atoms with Crippen LogP contribution >= 0.6 is 0 Å². The van der Waals surface area contributed by atoms with Crippen molar-refractivity contribution in [3.05, 3.63) is 89.0 Å². The number of aliphatic carboxylic acids is 1. The Hall–Kier alpha value is -4.59. The van der Waals surface area contributed by atoms with Crippen LogP contribution in [0.5, 0.6) is 0 Å². The number of carbonyl (C=O) groups is 4. The monoisotopic (exact) mass is 649 g/mol. The van der Waals surface area contributed by atoms with Crippen LogP contribution in [0.25, 0.3) is 0 Å². The highest BCUT2D eigenvalue weighted by Crippen LogP contribution is 2.31. The number of para-hydroxylation sites is 1. The van der Waals surface area contributed by atoms with E-state index in [1.54, 1.807) is 55.6 Å². The highest BCUT2D eigenvalue weighted by molar-refractivity contribution is 7.78. The lowest BCUT2D eigenvalue weighted by Gasteiger charge is -2.25. The standard InChI is InChI=1S/C33H39N5O7S/c1-4-5-19-45-46(44)37-28(32(41)42)12-8-10-22-13-18-27-25(20-22)31(40)38(3)29(30(39)35-27)23-14-16-24(17-15-23)34-33(43)36-26-11-7-6-9-21(26)2/h6-7,9,11,13-18,20,28-29,37H,4-5,8,10,12,19H2,1-3H3,(H,35,39)(H,41,42)(H2,34,36,43). The molecule has 12 nitrogen and oxygen atoms in total. The highest BCUT2D eigenvalue weighted by atomic mass is 32.2. The Kier molecular flexibility index (Phi) is 12.0. The van der Waals surface area contributed by atoms with Crippen molar-refractivity contribution in [3.63, 3.8) is 0 Å². The average molecular weight is 650 g/mol. The number of hydrogen-bond donors (Lipinski definition) is 5. The topological polar surface area (TPSA) is 166 Å². The van der Waals surface area contributed by atoms with Crippen LogP contribution in [-0.2, 0) is 31.5 Å². The second kappa shape index (κ2) is 16.1. The number of fused-ring (bicyclic) bond motifs is 1. The Morgan fingerprint density at radius 1 is 1.04 bits per heavy atom. The molecule has 1 heterocycles. The summed E-state index contributed by atoms with van der Waals surface area (Å²) in [5, 5.41) is 18.0. The summed E-state index contributed by atoms with van der Waals surface area (Å²) in [6, 6.07) is 16.9. The first-order chi connectivity index (χ1) is 22.1. The predicted octanol–water partition coefficient (Wildman–Crippen LogP) is 5.17. The number of carbonyl (C=O) groups excluding carboxylic acids is 3. The van der Waals surface area contributed by atoms with Crippen LogP contribution in [0.1, 0.15) is 65.7 Å². The zero-order chi connectivity index (χ0) is 33.2. The van der Waals surface area contributed by atoms with Crippen LogP contribution in [-0.4, -0.2) is 57.7 Å². The van der Waals surface area contributed by atoms with Gasteiger partial charge in [0, 0.05) is 18.4 Å². The minimum absolute atomic E-state index is 0.195. The second-order valence-corrected chi connectivity index (χ2v) is 12.0. The zero-order valence-electron chi connectivity index (χ0n) is 26.0. The molecule has 0 spiro atoms. The molecule has 1 aliphatic rings. The molecule has 13 heteroatoms. The van der Waals surface area contributed by atoms with E-state index >= 15 is 0 Å². The van der Waals surface area contributed by atoms with Crippen LogP contribution in [0.4, 0.5) is 21.9 Å². The number of hydrogen-bond acceptors (Lipinski definition) is 6. The zero-order valence-corrected chi connectivity index (χ0v) is 26.8. The van der Waals surface area contributed by atoms with Crippen LogP contribution in [0.2, 0.25) is 0 Å². The molecule has 0 radical (unpaired) electrons. The lowest BCUT2D eigenvalue weighted by Crippen LogP contribution is -2.38. The number of nitrogens with zero attached hydrogens (tertiary/aromatic N) is 1. The number of likely N-dealkylation sites (N-methyl/N-ethyl adjacent to an activating group) is 1. The molecular formula is C33H39N5O7S. The highest BCUT2D eigenvalue weighted by Gasteiger charge is 2.34. The van der Waals surface area contributed by atoms with Gasteiger partial charge >= 0.3 is 12.0 Å². The third-order valence-electron chi connectivity index (χ3n) is 7.59. The Bertz CT molecular complexity index is 1600. The van der Waals surface area contributed by atoms with E-state index in [4.69, 9.17) is 4.18 Å². The molecule has 0 fully saturated rings.